The monoisotopic (exact) mass is 280 g/mol. The van der Waals surface area contributed by atoms with Gasteiger partial charge in [-0.3, -0.25) is 0 Å². The van der Waals surface area contributed by atoms with Gasteiger partial charge in [-0.2, -0.15) is 0 Å². The van der Waals surface area contributed by atoms with Crippen molar-refractivity contribution >= 4 is 11.6 Å². The van der Waals surface area contributed by atoms with E-state index in [-0.39, 0.29) is 12.4 Å². The molecule has 0 aliphatic rings. The first-order chi connectivity index (χ1) is 9.06. The first kappa shape index (κ1) is 13.8. The Hall–Kier alpha value is -1.58. The SMILES string of the molecule is C[C@H](O)c1cccc(OCc2ccc(F)cc2Cl)c1. The largest absolute Gasteiger partial charge is 0.489 e. The molecule has 0 bridgehead atoms. The van der Waals surface area contributed by atoms with Gasteiger partial charge in [0.15, 0.2) is 0 Å². The van der Waals surface area contributed by atoms with E-state index in [2.05, 4.69) is 0 Å². The second-order valence-corrected chi connectivity index (χ2v) is 4.68. The molecule has 0 unspecified atom stereocenters. The van der Waals surface area contributed by atoms with Gasteiger partial charge in [0.25, 0.3) is 0 Å². The standard InChI is InChI=1S/C15H14ClFO2/c1-10(18)11-3-2-4-14(7-11)19-9-12-5-6-13(17)8-15(12)16/h2-8,10,18H,9H2,1H3/t10-/m0/s1. The average Bonchev–Trinajstić information content (AvgIpc) is 2.38. The zero-order valence-corrected chi connectivity index (χ0v) is 11.2. The van der Waals surface area contributed by atoms with Crippen molar-refractivity contribution in [1.82, 2.24) is 0 Å². The number of ether oxygens (including phenoxy) is 1. The molecule has 0 aliphatic carbocycles. The van der Waals surface area contributed by atoms with Gasteiger partial charge in [0.1, 0.15) is 18.2 Å². The number of hydrogen-bond acceptors (Lipinski definition) is 2. The van der Waals surface area contributed by atoms with Gasteiger partial charge in [0, 0.05) is 5.56 Å². The summed E-state index contributed by atoms with van der Waals surface area (Å²) in [5.74, 6) is 0.267. The van der Waals surface area contributed by atoms with Crippen molar-refractivity contribution in [2.75, 3.05) is 0 Å². The van der Waals surface area contributed by atoms with Gasteiger partial charge in [0.2, 0.25) is 0 Å². The summed E-state index contributed by atoms with van der Waals surface area (Å²) in [5.41, 5.74) is 1.49. The van der Waals surface area contributed by atoms with E-state index in [4.69, 9.17) is 16.3 Å². The summed E-state index contributed by atoms with van der Waals surface area (Å²) in [6.45, 7) is 1.94. The molecular weight excluding hydrogens is 267 g/mol. The van der Waals surface area contributed by atoms with Crippen LogP contribution in [0.1, 0.15) is 24.2 Å². The zero-order chi connectivity index (χ0) is 13.8. The highest BCUT2D eigenvalue weighted by Gasteiger charge is 2.05. The van der Waals surface area contributed by atoms with Gasteiger partial charge in [-0.05, 0) is 36.8 Å². The van der Waals surface area contributed by atoms with Crippen molar-refractivity contribution in [3.05, 3.63) is 64.4 Å². The Balaban J connectivity index is 2.08. The summed E-state index contributed by atoms with van der Waals surface area (Å²) < 4.78 is 18.5. The molecular formula is C15H14ClFO2. The van der Waals surface area contributed by atoms with Crippen LogP contribution in [-0.4, -0.2) is 5.11 Å². The molecule has 0 aromatic heterocycles. The predicted octanol–water partition coefficient (Wildman–Crippen LogP) is 4.11. The highest BCUT2D eigenvalue weighted by Crippen LogP contribution is 2.22. The van der Waals surface area contributed by atoms with Crippen molar-refractivity contribution < 1.29 is 14.2 Å². The molecule has 0 amide bonds. The molecule has 2 aromatic rings. The molecule has 0 fully saturated rings. The maximum atomic E-state index is 12.9. The minimum absolute atomic E-state index is 0.252. The van der Waals surface area contributed by atoms with Crippen LogP contribution in [-0.2, 0) is 6.61 Å². The van der Waals surface area contributed by atoms with Crippen LogP contribution >= 0.6 is 11.6 Å². The molecule has 0 radical (unpaired) electrons. The Bertz CT molecular complexity index is 570. The van der Waals surface area contributed by atoms with Crippen LogP contribution in [0.25, 0.3) is 0 Å². The zero-order valence-electron chi connectivity index (χ0n) is 10.4. The fourth-order valence-electron chi connectivity index (χ4n) is 1.66. The number of halogens is 2. The van der Waals surface area contributed by atoms with Crippen molar-refractivity contribution in [2.45, 2.75) is 19.6 Å². The van der Waals surface area contributed by atoms with E-state index in [1.165, 1.54) is 12.1 Å². The van der Waals surface area contributed by atoms with Crippen LogP contribution in [0.5, 0.6) is 5.75 Å². The van der Waals surface area contributed by atoms with Crippen LogP contribution in [0.2, 0.25) is 5.02 Å². The molecule has 2 aromatic carbocycles. The molecule has 100 valence electrons. The smallest absolute Gasteiger partial charge is 0.124 e. The second-order valence-electron chi connectivity index (χ2n) is 4.27. The molecule has 0 aliphatic heterocycles. The number of aliphatic hydroxyl groups excluding tert-OH is 1. The lowest BCUT2D eigenvalue weighted by molar-refractivity contribution is 0.198. The van der Waals surface area contributed by atoms with E-state index in [0.29, 0.717) is 16.3 Å². The van der Waals surface area contributed by atoms with E-state index in [1.807, 2.05) is 12.1 Å². The maximum absolute atomic E-state index is 12.9. The summed E-state index contributed by atoms with van der Waals surface area (Å²) in [4.78, 5) is 0. The number of rotatable bonds is 4. The lowest BCUT2D eigenvalue weighted by Crippen LogP contribution is -1.98. The van der Waals surface area contributed by atoms with Gasteiger partial charge in [0.05, 0.1) is 11.1 Å². The van der Waals surface area contributed by atoms with Crippen LogP contribution in [0.3, 0.4) is 0 Å². The van der Waals surface area contributed by atoms with Crippen LogP contribution < -0.4 is 4.74 Å². The van der Waals surface area contributed by atoms with Gasteiger partial charge in [-0.1, -0.05) is 29.8 Å². The van der Waals surface area contributed by atoms with E-state index in [0.717, 1.165) is 5.56 Å². The van der Waals surface area contributed by atoms with E-state index >= 15 is 0 Å². The van der Waals surface area contributed by atoms with E-state index < -0.39 is 6.10 Å². The van der Waals surface area contributed by atoms with Crippen LogP contribution in [0.4, 0.5) is 4.39 Å². The summed E-state index contributed by atoms with van der Waals surface area (Å²) in [7, 11) is 0. The Morgan fingerprint density at radius 2 is 2.05 bits per heavy atom. The number of benzene rings is 2. The topological polar surface area (TPSA) is 29.5 Å². The van der Waals surface area contributed by atoms with E-state index in [1.54, 1.807) is 25.1 Å². The first-order valence-corrected chi connectivity index (χ1v) is 6.29. The van der Waals surface area contributed by atoms with Crippen molar-refractivity contribution in [2.24, 2.45) is 0 Å². The predicted molar refractivity (Wildman–Crippen MR) is 72.8 cm³/mol. The molecule has 0 saturated heterocycles. The average molecular weight is 281 g/mol. The van der Waals surface area contributed by atoms with Crippen LogP contribution in [0, 0.1) is 5.82 Å². The summed E-state index contributed by atoms with van der Waals surface area (Å²) in [5, 5.41) is 9.83. The summed E-state index contributed by atoms with van der Waals surface area (Å²) in [6, 6.07) is 11.4. The van der Waals surface area contributed by atoms with Gasteiger partial charge in [-0.15, -0.1) is 0 Å². The normalized spacial score (nSPS) is 12.2. The van der Waals surface area contributed by atoms with Crippen molar-refractivity contribution in [1.29, 1.82) is 0 Å². The molecule has 1 atom stereocenters. The number of hydrogen-bond donors (Lipinski definition) is 1. The molecule has 2 nitrogen and oxygen atoms in total. The molecule has 19 heavy (non-hydrogen) atoms. The lowest BCUT2D eigenvalue weighted by atomic mass is 10.1. The van der Waals surface area contributed by atoms with Gasteiger partial charge >= 0.3 is 0 Å². The maximum Gasteiger partial charge on any atom is 0.124 e. The summed E-state index contributed by atoms with van der Waals surface area (Å²) in [6.07, 6.45) is -0.544. The minimum atomic E-state index is -0.544. The number of aliphatic hydroxyl groups is 1. The molecule has 0 saturated carbocycles. The van der Waals surface area contributed by atoms with E-state index in [9.17, 15) is 9.50 Å². The second kappa shape index (κ2) is 6.04. The highest BCUT2D eigenvalue weighted by molar-refractivity contribution is 6.31. The fourth-order valence-corrected chi connectivity index (χ4v) is 1.89. The first-order valence-electron chi connectivity index (χ1n) is 5.91. The molecule has 2 rings (SSSR count). The van der Waals surface area contributed by atoms with Crippen molar-refractivity contribution in [3.8, 4) is 5.75 Å². The molecule has 4 heteroatoms. The fraction of sp³-hybridized carbons (Fsp3) is 0.200. The minimum Gasteiger partial charge on any atom is -0.489 e. The van der Waals surface area contributed by atoms with Gasteiger partial charge in [-0.25, -0.2) is 4.39 Å². The molecule has 1 N–H and O–H groups in total. The lowest BCUT2D eigenvalue weighted by Gasteiger charge is -2.10. The Morgan fingerprint density at radius 3 is 2.74 bits per heavy atom. The Labute approximate surface area is 116 Å². The van der Waals surface area contributed by atoms with Crippen molar-refractivity contribution in [3.63, 3.8) is 0 Å². The molecule has 0 heterocycles. The third kappa shape index (κ3) is 3.69. The molecule has 0 spiro atoms. The third-order valence-electron chi connectivity index (χ3n) is 2.75. The highest BCUT2D eigenvalue weighted by atomic mass is 35.5. The Morgan fingerprint density at radius 1 is 1.26 bits per heavy atom. The van der Waals surface area contributed by atoms with Crippen LogP contribution in [0.15, 0.2) is 42.5 Å². The summed E-state index contributed by atoms with van der Waals surface area (Å²) >= 11 is 5.92. The third-order valence-corrected chi connectivity index (χ3v) is 3.10. The Kier molecular flexibility index (Phi) is 4.40. The quantitative estimate of drug-likeness (QED) is 0.913. The van der Waals surface area contributed by atoms with Gasteiger partial charge < -0.3 is 9.84 Å².